The van der Waals surface area contributed by atoms with E-state index in [1.54, 1.807) is 18.6 Å². The highest BCUT2D eigenvalue weighted by Crippen LogP contribution is 2.39. The number of hydrogen-bond acceptors (Lipinski definition) is 9. The molecule has 3 N–H and O–H groups in total. The van der Waals surface area contributed by atoms with Crippen molar-refractivity contribution in [2.24, 2.45) is 0 Å². The van der Waals surface area contributed by atoms with E-state index in [1.165, 1.54) is 15.8 Å². The largest absolute Gasteiger partial charge is 0.442 e. The number of aryl methyl sites for hydroxylation is 3. The molecule has 0 saturated carbocycles. The summed E-state index contributed by atoms with van der Waals surface area (Å²) < 4.78 is 9.08. The lowest BCUT2D eigenvalue weighted by Gasteiger charge is -2.24. The molecule has 0 fully saturated rings. The van der Waals surface area contributed by atoms with Crippen molar-refractivity contribution in [1.82, 2.24) is 29.2 Å². The van der Waals surface area contributed by atoms with Crippen LogP contribution in [0.5, 0.6) is 0 Å². The van der Waals surface area contributed by atoms with Crippen LogP contribution in [0.4, 0.5) is 27.8 Å². The van der Waals surface area contributed by atoms with Crippen LogP contribution in [0.2, 0.25) is 0 Å². The Labute approximate surface area is 270 Å². The molecule has 1 aliphatic rings. The molecular weight excluding hydrogens is 578 g/mol. The lowest BCUT2D eigenvalue weighted by atomic mass is 9.99. The SMILES string of the molecule is Cc1cc(N(C)CCN(C)C)c(N)cc1Nc1ncc(-c2cnn(C(=O)OC(C)(C)C)c2)c(-c2cn3c4c(cccc24)CCC3)n1. The molecule has 5 aromatic rings. The molecule has 4 heterocycles. The minimum absolute atomic E-state index is 0.446. The van der Waals surface area contributed by atoms with Gasteiger partial charge in [-0.05, 0) is 77.9 Å². The molecule has 3 aromatic heterocycles. The van der Waals surface area contributed by atoms with Gasteiger partial charge >= 0.3 is 6.09 Å². The quantitative estimate of drug-likeness (QED) is 0.192. The molecule has 11 nitrogen and oxygen atoms in total. The Balaban J connectivity index is 1.41. The minimum Gasteiger partial charge on any atom is -0.442 e. The Hall–Kier alpha value is -4.90. The number of ether oxygens (including phenoxy) is 1. The Morgan fingerprint density at radius 1 is 1.09 bits per heavy atom. The standard InChI is InChI=1S/C35H43N9O2/c1-22-16-30(42(7)15-14-41(5)6)28(36)17-29(22)39-33-37-19-26(24-18-38-44(20-24)34(45)46-35(2,3)4)31(40-33)27-21-43-13-9-11-23-10-8-12-25(27)32(23)43/h8,10,12,16-21H,9,11,13-15,36H2,1-7H3,(H,37,39,40). The normalized spacial score (nSPS) is 13.0. The summed E-state index contributed by atoms with van der Waals surface area (Å²) in [7, 11) is 6.18. The molecular formula is C35H43N9O2. The van der Waals surface area contributed by atoms with Gasteiger partial charge in [0, 0.05) is 73.0 Å². The molecule has 2 aromatic carbocycles. The Morgan fingerprint density at radius 3 is 2.65 bits per heavy atom. The molecule has 0 atom stereocenters. The smallest absolute Gasteiger partial charge is 0.435 e. The van der Waals surface area contributed by atoms with E-state index in [1.807, 2.05) is 26.8 Å². The topological polar surface area (TPSA) is 119 Å². The number of nitrogens with zero attached hydrogens (tertiary/aromatic N) is 7. The highest BCUT2D eigenvalue weighted by Gasteiger charge is 2.23. The predicted octanol–water partition coefficient (Wildman–Crippen LogP) is 6.32. The van der Waals surface area contributed by atoms with Crippen LogP contribution in [-0.4, -0.2) is 75.1 Å². The summed E-state index contributed by atoms with van der Waals surface area (Å²) in [5.74, 6) is 0.446. The summed E-state index contributed by atoms with van der Waals surface area (Å²) in [4.78, 5) is 26.9. The van der Waals surface area contributed by atoms with Crippen LogP contribution in [0.3, 0.4) is 0 Å². The molecule has 11 heteroatoms. The van der Waals surface area contributed by atoms with E-state index in [-0.39, 0.29) is 0 Å². The molecule has 1 aliphatic heterocycles. The van der Waals surface area contributed by atoms with Crippen molar-refractivity contribution in [1.29, 1.82) is 0 Å². The monoisotopic (exact) mass is 621 g/mol. The van der Waals surface area contributed by atoms with Crippen LogP contribution < -0.4 is 16.0 Å². The van der Waals surface area contributed by atoms with Crippen LogP contribution in [0, 0.1) is 6.92 Å². The second kappa shape index (κ2) is 12.1. The fraction of sp³-hybridized carbons (Fsp3) is 0.371. The van der Waals surface area contributed by atoms with Crippen LogP contribution in [0.15, 0.2) is 55.1 Å². The van der Waals surface area contributed by atoms with Gasteiger partial charge in [0.05, 0.1) is 28.8 Å². The lowest BCUT2D eigenvalue weighted by molar-refractivity contribution is 0.0514. The molecule has 0 spiro atoms. The van der Waals surface area contributed by atoms with Gasteiger partial charge in [0.15, 0.2) is 0 Å². The van der Waals surface area contributed by atoms with Gasteiger partial charge in [-0.15, -0.1) is 0 Å². The van der Waals surface area contributed by atoms with Gasteiger partial charge in [0.1, 0.15) is 5.60 Å². The average molecular weight is 622 g/mol. The number of nitrogen functional groups attached to an aromatic ring is 1. The van der Waals surface area contributed by atoms with E-state index in [2.05, 4.69) is 83.3 Å². The van der Waals surface area contributed by atoms with Crippen LogP contribution >= 0.6 is 0 Å². The maximum Gasteiger partial charge on any atom is 0.435 e. The first-order valence-corrected chi connectivity index (χ1v) is 15.7. The summed E-state index contributed by atoms with van der Waals surface area (Å²) in [5, 5.41) is 8.88. The number of aromatic nitrogens is 5. The fourth-order valence-electron chi connectivity index (χ4n) is 5.94. The zero-order chi connectivity index (χ0) is 32.7. The molecule has 240 valence electrons. The van der Waals surface area contributed by atoms with Crippen molar-refractivity contribution in [3.05, 3.63) is 66.2 Å². The number of benzene rings is 2. The van der Waals surface area contributed by atoms with Crippen molar-refractivity contribution >= 4 is 40.0 Å². The summed E-state index contributed by atoms with van der Waals surface area (Å²) >= 11 is 0. The van der Waals surface area contributed by atoms with Crippen molar-refractivity contribution in [2.45, 2.75) is 52.7 Å². The zero-order valence-corrected chi connectivity index (χ0v) is 27.8. The summed E-state index contributed by atoms with van der Waals surface area (Å²) in [5.41, 5.74) is 15.2. The number of carbonyl (C=O) groups is 1. The van der Waals surface area contributed by atoms with Crippen molar-refractivity contribution in [2.75, 3.05) is 50.2 Å². The molecule has 46 heavy (non-hydrogen) atoms. The first-order chi connectivity index (χ1) is 21.9. The summed E-state index contributed by atoms with van der Waals surface area (Å²) in [6, 6.07) is 10.5. The second-order valence-electron chi connectivity index (χ2n) is 13.3. The van der Waals surface area contributed by atoms with E-state index in [0.29, 0.717) is 17.2 Å². The number of nitrogens with one attached hydrogen (secondary N) is 1. The molecule has 0 aliphatic carbocycles. The Kier molecular flexibility index (Phi) is 8.20. The van der Waals surface area contributed by atoms with Gasteiger partial charge in [-0.25, -0.2) is 14.8 Å². The number of para-hydroxylation sites is 1. The second-order valence-corrected chi connectivity index (χ2v) is 13.3. The van der Waals surface area contributed by atoms with Crippen LogP contribution in [0.25, 0.3) is 33.3 Å². The predicted molar refractivity (Wildman–Crippen MR) is 185 cm³/mol. The van der Waals surface area contributed by atoms with E-state index in [9.17, 15) is 4.79 Å². The third-order valence-corrected chi connectivity index (χ3v) is 8.26. The highest BCUT2D eigenvalue weighted by atomic mass is 16.6. The number of carbonyl (C=O) groups excluding carboxylic acids is 1. The van der Waals surface area contributed by atoms with Crippen molar-refractivity contribution in [3.63, 3.8) is 0 Å². The van der Waals surface area contributed by atoms with Gasteiger partial charge in [-0.2, -0.15) is 9.78 Å². The summed E-state index contributed by atoms with van der Waals surface area (Å²) in [6.45, 7) is 10.3. The number of hydrogen-bond donors (Lipinski definition) is 2. The fourth-order valence-corrected chi connectivity index (χ4v) is 5.94. The van der Waals surface area contributed by atoms with E-state index in [4.69, 9.17) is 20.4 Å². The lowest BCUT2D eigenvalue weighted by Crippen LogP contribution is -2.29. The Bertz CT molecular complexity index is 1920. The molecule has 0 saturated heterocycles. The van der Waals surface area contributed by atoms with Gasteiger partial charge in [0.2, 0.25) is 5.95 Å². The highest BCUT2D eigenvalue weighted by molar-refractivity contribution is 6.00. The number of nitrogens with two attached hydrogens (primary N) is 1. The Morgan fingerprint density at radius 2 is 1.89 bits per heavy atom. The van der Waals surface area contributed by atoms with Gasteiger partial charge in [-0.3, -0.25) is 0 Å². The van der Waals surface area contributed by atoms with Gasteiger partial charge in [-0.1, -0.05) is 18.2 Å². The third kappa shape index (κ3) is 6.28. The van der Waals surface area contributed by atoms with Crippen LogP contribution in [-0.2, 0) is 17.7 Å². The molecule has 0 unspecified atom stereocenters. The van der Waals surface area contributed by atoms with Crippen molar-refractivity contribution < 1.29 is 9.53 Å². The van der Waals surface area contributed by atoms with Gasteiger partial charge in [0.25, 0.3) is 0 Å². The van der Waals surface area contributed by atoms with E-state index in [0.717, 1.165) is 71.6 Å². The zero-order valence-electron chi connectivity index (χ0n) is 27.8. The van der Waals surface area contributed by atoms with E-state index >= 15 is 0 Å². The van der Waals surface area contributed by atoms with E-state index < -0.39 is 11.7 Å². The molecule has 0 bridgehead atoms. The first kappa shape index (κ1) is 31.1. The van der Waals surface area contributed by atoms with Gasteiger partial charge < -0.3 is 30.2 Å². The maximum atomic E-state index is 12.8. The number of rotatable bonds is 8. The molecule has 0 amide bonds. The average Bonchev–Trinajstić information content (AvgIpc) is 3.64. The number of likely N-dealkylation sites (N-methyl/N-ethyl adjacent to an activating group) is 2. The first-order valence-electron chi connectivity index (χ1n) is 15.7. The number of anilines is 4. The maximum absolute atomic E-state index is 12.8. The van der Waals surface area contributed by atoms with Crippen LogP contribution in [0.1, 0.15) is 38.3 Å². The molecule has 0 radical (unpaired) electrons. The third-order valence-electron chi connectivity index (χ3n) is 8.26. The summed E-state index contributed by atoms with van der Waals surface area (Å²) in [6.07, 6.45) is 8.89. The molecule has 6 rings (SSSR count). The van der Waals surface area contributed by atoms with Crippen molar-refractivity contribution in [3.8, 4) is 22.4 Å². The minimum atomic E-state index is -0.641.